The third kappa shape index (κ3) is 7.52. The van der Waals surface area contributed by atoms with E-state index in [0.29, 0.717) is 11.4 Å². The van der Waals surface area contributed by atoms with Gasteiger partial charge in [0.15, 0.2) is 0 Å². The van der Waals surface area contributed by atoms with Crippen LogP contribution in [0.1, 0.15) is 76.2 Å². The summed E-state index contributed by atoms with van der Waals surface area (Å²) in [6.07, 6.45) is 10.5. The minimum absolute atomic E-state index is 0.427. The third-order valence-electron chi connectivity index (χ3n) is 3.90. The van der Waals surface area contributed by atoms with Crippen LogP contribution in [0.4, 0.5) is 0 Å². The Morgan fingerprint density at radius 3 is 2.29 bits per heavy atom. The van der Waals surface area contributed by atoms with Gasteiger partial charge in [0, 0.05) is 5.02 Å². The molecule has 0 aromatic heterocycles. The Kier molecular flexibility index (Phi) is 9.16. The quantitative estimate of drug-likeness (QED) is 0.506. The SMILES string of the molecule is CCCCCCCCCCC(C(=O)O)c1cccc(Cl)c1. The summed E-state index contributed by atoms with van der Waals surface area (Å²) in [5, 5.41) is 9.98. The van der Waals surface area contributed by atoms with Gasteiger partial charge in [-0.3, -0.25) is 4.79 Å². The van der Waals surface area contributed by atoms with E-state index in [0.717, 1.165) is 18.4 Å². The number of benzene rings is 1. The summed E-state index contributed by atoms with van der Waals surface area (Å²) < 4.78 is 0. The van der Waals surface area contributed by atoms with Crippen LogP contribution >= 0.6 is 11.6 Å². The Labute approximate surface area is 133 Å². The first-order valence-corrected chi connectivity index (χ1v) is 8.51. The standard InChI is InChI=1S/C18H27ClO2/c1-2-3-4-5-6-7-8-9-13-17(18(20)21)15-11-10-12-16(19)14-15/h10-12,14,17H,2-9,13H2,1H3,(H,20,21). The molecule has 0 bridgehead atoms. The van der Waals surface area contributed by atoms with Gasteiger partial charge in [-0.2, -0.15) is 0 Å². The average Bonchev–Trinajstić information content (AvgIpc) is 2.45. The highest BCUT2D eigenvalue weighted by atomic mass is 35.5. The number of hydrogen-bond acceptors (Lipinski definition) is 1. The molecule has 0 aliphatic rings. The second-order valence-corrected chi connectivity index (χ2v) is 6.15. The Morgan fingerprint density at radius 2 is 1.71 bits per heavy atom. The fourth-order valence-electron chi connectivity index (χ4n) is 2.64. The van der Waals surface area contributed by atoms with Crippen molar-refractivity contribution in [2.45, 2.75) is 70.6 Å². The molecule has 1 aromatic carbocycles. The molecule has 0 aliphatic heterocycles. The fourth-order valence-corrected chi connectivity index (χ4v) is 2.84. The highest BCUT2D eigenvalue weighted by Crippen LogP contribution is 2.25. The van der Waals surface area contributed by atoms with E-state index in [1.54, 1.807) is 12.1 Å². The summed E-state index contributed by atoms with van der Waals surface area (Å²) >= 11 is 5.94. The number of aliphatic carboxylic acids is 1. The van der Waals surface area contributed by atoms with Crippen molar-refractivity contribution in [3.63, 3.8) is 0 Å². The summed E-state index contributed by atoms with van der Waals surface area (Å²) in [4.78, 5) is 11.4. The molecule has 0 radical (unpaired) electrons. The van der Waals surface area contributed by atoms with Gasteiger partial charge in [0.1, 0.15) is 0 Å². The van der Waals surface area contributed by atoms with Gasteiger partial charge in [-0.1, -0.05) is 82.0 Å². The minimum Gasteiger partial charge on any atom is -0.481 e. The zero-order valence-electron chi connectivity index (χ0n) is 13.0. The van der Waals surface area contributed by atoms with Gasteiger partial charge < -0.3 is 5.11 Å². The Hall–Kier alpha value is -1.02. The second kappa shape index (κ2) is 10.7. The average molecular weight is 311 g/mol. The molecule has 0 heterocycles. The minimum atomic E-state index is -0.750. The van der Waals surface area contributed by atoms with Crippen LogP contribution in [0.3, 0.4) is 0 Å². The van der Waals surface area contributed by atoms with Crippen molar-refractivity contribution >= 4 is 17.6 Å². The topological polar surface area (TPSA) is 37.3 Å². The van der Waals surface area contributed by atoms with Crippen molar-refractivity contribution in [3.8, 4) is 0 Å². The molecule has 1 N–H and O–H groups in total. The number of unbranched alkanes of at least 4 members (excludes halogenated alkanes) is 7. The van der Waals surface area contributed by atoms with E-state index >= 15 is 0 Å². The maximum Gasteiger partial charge on any atom is 0.310 e. The van der Waals surface area contributed by atoms with Gasteiger partial charge in [-0.15, -0.1) is 0 Å². The van der Waals surface area contributed by atoms with Gasteiger partial charge in [0.2, 0.25) is 0 Å². The largest absolute Gasteiger partial charge is 0.481 e. The van der Waals surface area contributed by atoms with Crippen LogP contribution < -0.4 is 0 Å². The molecule has 21 heavy (non-hydrogen) atoms. The zero-order chi connectivity index (χ0) is 15.5. The molecule has 2 nitrogen and oxygen atoms in total. The fraction of sp³-hybridized carbons (Fsp3) is 0.611. The molecule has 1 atom stereocenters. The Morgan fingerprint density at radius 1 is 1.10 bits per heavy atom. The van der Waals surface area contributed by atoms with E-state index < -0.39 is 11.9 Å². The zero-order valence-corrected chi connectivity index (χ0v) is 13.7. The number of rotatable bonds is 11. The van der Waals surface area contributed by atoms with Crippen molar-refractivity contribution in [3.05, 3.63) is 34.9 Å². The molecule has 0 spiro atoms. The van der Waals surface area contributed by atoms with E-state index in [-0.39, 0.29) is 0 Å². The summed E-state index contributed by atoms with van der Waals surface area (Å²) in [6.45, 7) is 2.22. The number of carboxylic acids is 1. The summed E-state index contributed by atoms with van der Waals surface area (Å²) in [5.74, 6) is -1.18. The first-order valence-electron chi connectivity index (χ1n) is 8.13. The van der Waals surface area contributed by atoms with E-state index in [4.69, 9.17) is 11.6 Å². The molecule has 0 amide bonds. The molecule has 0 saturated heterocycles. The molecule has 1 unspecified atom stereocenters. The van der Waals surface area contributed by atoms with Crippen LogP contribution in [0, 0.1) is 0 Å². The van der Waals surface area contributed by atoms with Crippen molar-refractivity contribution < 1.29 is 9.90 Å². The van der Waals surface area contributed by atoms with Crippen LogP contribution in [0.2, 0.25) is 5.02 Å². The molecular formula is C18H27ClO2. The third-order valence-corrected chi connectivity index (χ3v) is 4.13. The van der Waals surface area contributed by atoms with Gasteiger partial charge >= 0.3 is 5.97 Å². The maximum absolute atomic E-state index is 11.4. The van der Waals surface area contributed by atoms with Gasteiger partial charge in [-0.05, 0) is 24.1 Å². The monoisotopic (exact) mass is 310 g/mol. The number of carbonyl (C=O) groups is 1. The molecule has 1 aromatic rings. The lowest BCUT2D eigenvalue weighted by Crippen LogP contribution is -2.11. The van der Waals surface area contributed by atoms with Crippen molar-refractivity contribution in [2.75, 3.05) is 0 Å². The van der Waals surface area contributed by atoms with Crippen LogP contribution in [0.15, 0.2) is 24.3 Å². The van der Waals surface area contributed by atoms with Gasteiger partial charge in [-0.25, -0.2) is 0 Å². The van der Waals surface area contributed by atoms with E-state index in [9.17, 15) is 9.90 Å². The maximum atomic E-state index is 11.4. The van der Waals surface area contributed by atoms with Crippen molar-refractivity contribution in [1.82, 2.24) is 0 Å². The van der Waals surface area contributed by atoms with Crippen molar-refractivity contribution in [1.29, 1.82) is 0 Å². The first kappa shape index (κ1) is 18.0. The van der Waals surface area contributed by atoms with Crippen LogP contribution in [-0.4, -0.2) is 11.1 Å². The summed E-state index contributed by atoms with van der Waals surface area (Å²) in [7, 11) is 0. The van der Waals surface area contributed by atoms with Crippen LogP contribution in [-0.2, 0) is 4.79 Å². The number of carboxylic acid groups (broad SMARTS) is 1. The summed E-state index contributed by atoms with van der Waals surface area (Å²) in [6, 6.07) is 7.22. The Bertz CT molecular complexity index is 417. The van der Waals surface area contributed by atoms with E-state index in [1.807, 2.05) is 12.1 Å². The molecule has 0 aliphatic carbocycles. The first-order chi connectivity index (χ1) is 10.1. The smallest absolute Gasteiger partial charge is 0.310 e. The van der Waals surface area contributed by atoms with Crippen molar-refractivity contribution in [2.24, 2.45) is 0 Å². The molecule has 118 valence electrons. The molecule has 0 saturated carbocycles. The number of hydrogen-bond donors (Lipinski definition) is 1. The lowest BCUT2D eigenvalue weighted by Gasteiger charge is -2.13. The number of halogens is 1. The lowest BCUT2D eigenvalue weighted by atomic mass is 9.93. The highest BCUT2D eigenvalue weighted by molar-refractivity contribution is 6.30. The highest BCUT2D eigenvalue weighted by Gasteiger charge is 2.19. The second-order valence-electron chi connectivity index (χ2n) is 5.71. The molecule has 3 heteroatoms. The van der Waals surface area contributed by atoms with Gasteiger partial charge in [0.25, 0.3) is 0 Å². The van der Waals surface area contributed by atoms with Crippen LogP contribution in [0.25, 0.3) is 0 Å². The Balaban J connectivity index is 2.28. The molecule has 1 rings (SSSR count). The molecular weight excluding hydrogens is 284 g/mol. The lowest BCUT2D eigenvalue weighted by molar-refractivity contribution is -0.139. The normalized spacial score (nSPS) is 12.3. The van der Waals surface area contributed by atoms with E-state index in [1.165, 1.54) is 38.5 Å². The summed E-state index contributed by atoms with van der Waals surface area (Å²) in [5.41, 5.74) is 0.818. The predicted octanol–water partition coefficient (Wildman–Crippen LogP) is 6.04. The molecule has 0 fully saturated rings. The predicted molar refractivity (Wildman–Crippen MR) is 89.1 cm³/mol. The van der Waals surface area contributed by atoms with E-state index in [2.05, 4.69) is 6.92 Å². The van der Waals surface area contributed by atoms with Gasteiger partial charge in [0.05, 0.1) is 5.92 Å². The van der Waals surface area contributed by atoms with Crippen LogP contribution in [0.5, 0.6) is 0 Å².